The second-order valence-corrected chi connectivity index (χ2v) is 5.76. The van der Waals surface area contributed by atoms with E-state index in [9.17, 15) is 0 Å². The maximum Gasteiger partial charge on any atom is 0.228 e. The van der Waals surface area contributed by atoms with E-state index in [-0.39, 0.29) is 11.6 Å². The predicted octanol–water partition coefficient (Wildman–Crippen LogP) is 2.40. The van der Waals surface area contributed by atoms with E-state index in [4.69, 9.17) is 15.0 Å². The van der Waals surface area contributed by atoms with Gasteiger partial charge in [-0.2, -0.15) is 4.98 Å². The summed E-state index contributed by atoms with van der Waals surface area (Å²) in [4.78, 5) is 4.52. The maximum atomic E-state index is 6.04. The molecule has 19 heavy (non-hydrogen) atoms. The fourth-order valence-electron chi connectivity index (χ4n) is 2.62. The van der Waals surface area contributed by atoms with Gasteiger partial charge in [-0.15, -0.1) is 0 Å². The zero-order valence-electron chi connectivity index (χ0n) is 12.2. The van der Waals surface area contributed by atoms with Gasteiger partial charge in [-0.25, -0.2) is 0 Å². The minimum Gasteiger partial charge on any atom is -0.367 e. The van der Waals surface area contributed by atoms with Crippen molar-refractivity contribution in [2.24, 2.45) is 11.7 Å². The average molecular weight is 267 g/mol. The van der Waals surface area contributed by atoms with Gasteiger partial charge in [0.2, 0.25) is 11.7 Å². The summed E-state index contributed by atoms with van der Waals surface area (Å²) >= 11 is 0. The Balaban J connectivity index is 2.10. The normalized spacial score (nSPS) is 20.1. The summed E-state index contributed by atoms with van der Waals surface area (Å²) in [7, 11) is 0. The van der Waals surface area contributed by atoms with Crippen LogP contribution in [0.4, 0.5) is 0 Å². The average Bonchev–Trinajstić information content (AvgIpc) is 2.99. The molecule has 108 valence electrons. The molecule has 1 saturated carbocycles. The molecule has 0 saturated heterocycles. The van der Waals surface area contributed by atoms with Crippen LogP contribution in [-0.2, 0) is 16.8 Å². The molecule has 0 amide bonds. The van der Waals surface area contributed by atoms with Crippen LogP contribution in [0.5, 0.6) is 0 Å². The van der Waals surface area contributed by atoms with Crippen LogP contribution in [0.2, 0.25) is 0 Å². The first kappa shape index (κ1) is 14.5. The summed E-state index contributed by atoms with van der Waals surface area (Å²) < 4.78 is 11.3. The van der Waals surface area contributed by atoms with Crippen molar-refractivity contribution in [1.29, 1.82) is 0 Å². The minimum atomic E-state index is -0.321. The van der Waals surface area contributed by atoms with E-state index in [0.29, 0.717) is 30.7 Å². The molecule has 1 heterocycles. The van der Waals surface area contributed by atoms with E-state index < -0.39 is 0 Å². The summed E-state index contributed by atoms with van der Waals surface area (Å²) in [6, 6.07) is 0.0555. The topological polar surface area (TPSA) is 74.2 Å². The lowest BCUT2D eigenvalue weighted by atomic mass is 10.0. The smallest absolute Gasteiger partial charge is 0.228 e. The summed E-state index contributed by atoms with van der Waals surface area (Å²) in [6.45, 7) is 6.88. The fourth-order valence-corrected chi connectivity index (χ4v) is 2.62. The standard InChI is InChI=1S/C14H25N3O2/c1-4-18-14(7-5-6-8-14)13-16-12(19-17-13)9-11(15)10(2)3/h10-11H,4-9,15H2,1-3H3. The molecular weight excluding hydrogens is 242 g/mol. The van der Waals surface area contributed by atoms with E-state index in [1.807, 2.05) is 6.92 Å². The van der Waals surface area contributed by atoms with Crippen LogP contribution in [-0.4, -0.2) is 22.8 Å². The molecule has 1 fully saturated rings. The molecule has 5 heteroatoms. The Morgan fingerprint density at radius 1 is 1.37 bits per heavy atom. The molecule has 1 aromatic heterocycles. The van der Waals surface area contributed by atoms with Crippen molar-refractivity contribution in [3.8, 4) is 0 Å². The number of nitrogens with two attached hydrogens (primary N) is 1. The zero-order chi connectivity index (χ0) is 13.9. The lowest BCUT2D eigenvalue weighted by molar-refractivity contribution is -0.0469. The molecule has 0 radical (unpaired) electrons. The lowest BCUT2D eigenvalue weighted by Gasteiger charge is -2.24. The highest BCUT2D eigenvalue weighted by molar-refractivity contribution is 5.05. The van der Waals surface area contributed by atoms with Gasteiger partial charge in [0, 0.05) is 19.1 Å². The Morgan fingerprint density at radius 2 is 2.05 bits per heavy atom. The predicted molar refractivity (Wildman–Crippen MR) is 72.6 cm³/mol. The molecule has 5 nitrogen and oxygen atoms in total. The highest BCUT2D eigenvalue weighted by Gasteiger charge is 2.40. The van der Waals surface area contributed by atoms with E-state index in [2.05, 4.69) is 24.0 Å². The number of nitrogens with zero attached hydrogens (tertiary/aromatic N) is 2. The van der Waals surface area contributed by atoms with Gasteiger partial charge < -0.3 is 15.0 Å². The molecule has 1 unspecified atom stereocenters. The minimum absolute atomic E-state index is 0.0555. The van der Waals surface area contributed by atoms with Crippen molar-refractivity contribution in [3.63, 3.8) is 0 Å². The molecule has 1 aliphatic carbocycles. The van der Waals surface area contributed by atoms with Gasteiger partial charge in [-0.3, -0.25) is 0 Å². The zero-order valence-corrected chi connectivity index (χ0v) is 12.2. The summed E-state index contributed by atoms with van der Waals surface area (Å²) in [5, 5.41) is 4.13. The Labute approximate surface area is 114 Å². The Bertz CT molecular complexity index is 397. The molecular formula is C14H25N3O2. The van der Waals surface area contributed by atoms with E-state index in [1.54, 1.807) is 0 Å². The first-order valence-corrected chi connectivity index (χ1v) is 7.30. The van der Waals surface area contributed by atoms with Crippen molar-refractivity contribution in [3.05, 3.63) is 11.7 Å². The number of ether oxygens (including phenoxy) is 1. The molecule has 0 aromatic carbocycles. The van der Waals surface area contributed by atoms with Crippen molar-refractivity contribution < 1.29 is 9.26 Å². The third-order valence-corrected chi connectivity index (χ3v) is 3.97. The third kappa shape index (κ3) is 3.15. The van der Waals surface area contributed by atoms with E-state index >= 15 is 0 Å². The molecule has 1 atom stereocenters. The molecule has 2 N–H and O–H groups in total. The monoisotopic (exact) mass is 267 g/mol. The Morgan fingerprint density at radius 3 is 2.63 bits per heavy atom. The number of hydrogen-bond donors (Lipinski definition) is 1. The molecule has 0 bridgehead atoms. The largest absolute Gasteiger partial charge is 0.367 e. The number of aromatic nitrogens is 2. The highest BCUT2D eigenvalue weighted by Crippen LogP contribution is 2.40. The first-order valence-electron chi connectivity index (χ1n) is 7.30. The maximum absolute atomic E-state index is 6.04. The molecule has 2 rings (SSSR count). The van der Waals surface area contributed by atoms with Gasteiger partial charge in [-0.1, -0.05) is 19.0 Å². The first-order chi connectivity index (χ1) is 9.07. The number of rotatable bonds is 6. The van der Waals surface area contributed by atoms with Gasteiger partial charge in [0.25, 0.3) is 0 Å². The quantitative estimate of drug-likeness (QED) is 0.856. The lowest BCUT2D eigenvalue weighted by Crippen LogP contribution is -2.29. The van der Waals surface area contributed by atoms with Crippen LogP contribution in [0.25, 0.3) is 0 Å². The SMILES string of the molecule is CCOC1(c2noc(CC(N)C(C)C)n2)CCCC1. The van der Waals surface area contributed by atoms with E-state index in [0.717, 1.165) is 25.7 Å². The third-order valence-electron chi connectivity index (χ3n) is 3.97. The fraction of sp³-hybridized carbons (Fsp3) is 0.857. The van der Waals surface area contributed by atoms with Gasteiger partial charge in [0.15, 0.2) is 0 Å². The van der Waals surface area contributed by atoms with Crippen molar-refractivity contribution in [2.45, 2.75) is 64.5 Å². The second-order valence-electron chi connectivity index (χ2n) is 5.76. The Hall–Kier alpha value is -0.940. The van der Waals surface area contributed by atoms with Crippen LogP contribution in [0.1, 0.15) is 58.2 Å². The van der Waals surface area contributed by atoms with Crippen molar-refractivity contribution in [1.82, 2.24) is 10.1 Å². The Kier molecular flexibility index (Phi) is 4.58. The van der Waals surface area contributed by atoms with Crippen LogP contribution in [0.15, 0.2) is 4.52 Å². The molecule has 0 spiro atoms. The molecule has 1 aromatic rings. The summed E-state index contributed by atoms with van der Waals surface area (Å²) in [5.41, 5.74) is 5.72. The van der Waals surface area contributed by atoms with Crippen LogP contribution in [0, 0.1) is 5.92 Å². The van der Waals surface area contributed by atoms with Crippen molar-refractivity contribution >= 4 is 0 Å². The van der Waals surface area contributed by atoms with Gasteiger partial charge in [0.05, 0.1) is 0 Å². The van der Waals surface area contributed by atoms with Gasteiger partial charge in [0.1, 0.15) is 5.60 Å². The van der Waals surface area contributed by atoms with Gasteiger partial charge in [-0.05, 0) is 38.5 Å². The van der Waals surface area contributed by atoms with Crippen LogP contribution >= 0.6 is 0 Å². The van der Waals surface area contributed by atoms with Crippen molar-refractivity contribution in [2.75, 3.05) is 6.61 Å². The summed E-state index contributed by atoms with van der Waals surface area (Å²) in [6.07, 6.45) is 4.92. The summed E-state index contributed by atoms with van der Waals surface area (Å²) in [5.74, 6) is 1.74. The molecule has 1 aliphatic rings. The number of hydrogen-bond acceptors (Lipinski definition) is 5. The molecule has 0 aliphatic heterocycles. The van der Waals surface area contributed by atoms with E-state index in [1.165, 1.54) is 0 Å². The highest BCUT2D eigenvalue weighted by atomic mass is 16.5. The van der Waals surface area contributed by atoms with Crippen LogP contribution in [0.3, 0.4) is 0 Å². The van der Waals surface area contributed by atoms with Crippen LogP contribution < -0.4 is 5.73 Å². The van der Waals surface area contributed by atoms with Gasteiger partial charge >= 0.3 is 0 Å². The second kappa shape index (κ2) is 6.01.